The van der Waals surface area contributed by atoms with Gasteiger partial charge in [-0.3, -0.25) is 9.78 Å². The van der Waals surface area contributed by atoms with Gasteiger partial charge < -0.3 is 24.5 Å². The van der Waals surface area contributed by atoms with E-state index in [4.69, 9.17) is 9.72 Å². The molecule has 1 saturated heterocycles. The number of carbonyl (C=O) groups is 1. The second-order valence-electron chi connectivity index (χ2n) is 9.19. The molecule has 1 saturated carbocycles. The fourth-order valence-corrected chi connectivity index (χ4v) is 5.55. The summed E-state index contributed by atoms with van der Waals surface area (Å²) >= 11 is 1.23. The molecule has 1 amide bonds. The van der Waals surface area contributed by atoms with Gasteiger partial charge in [-0.1, -0.05) is 17.4 Å². The Bertz CT molecular complexity index is 1430. The van der Waals surface area contributed by atoms with Crippen LogP contribution in [-0.4, -0.2) is 50.1 Å². The number of halogens is 1. The average Bonchev–Trinajstić information content (AvgIpc) is 3.27. The molecule has 0 unspecified atom stereocenters. The van der Waals surface area contributed by atoms with Gasteiger partial charge in [0.15, 0.2) is 16.7 Å². The first-order valence-corrected chi connectivity index (χ1v) is 12.7. The minimum atomic E-state index is -0.601. The summed E-state index contributed by atoms with van der Waals surface area (Å²) in [4.78, 5) is 28.4. The summed E-state index contributed by atoms with van der Waals surface area (Å²) in [6.07, 6.45) is 9.57. The number of methoxy groups -OCH3 is 1. The zero-order valence-electron chi connectivity index (χ0n) is 19.6. The number of imidazole rings is 1. The first-order valence-electron chi connectivity index (χ1n) is 11.8. The lowest BCUT2D eigenvalue weighted by molar-refractivity contribution is 0.0953. The Hall–Kier alpha value is -3.57. The number of aliphatic hydroxyl groups is 1. The second kappa shape index (κ2) is 9.14. The lowest BCUT2D eigenvalue weighted by Crippen LogP contribution is -2.24. The number of carbonyl (C=O) groups excluding carboxylic acids is 1. The molecule has 4 aromatic heterocycles. The first-order chi connectivity index (χ1) is 17.5. The van der Waals surface area contributed by atoms with E-state index in [-0.39, 0.29) is 29.9 Å². The number of hydrogen-bond donors (Lipinski definition) is 2. The third-order valence-electron chi connectivity index (χ3n) is 6.69. The second-order valence-corrected chi connectivity index (χ2v) is 10.2. The largest absolute Gasteiger partial charge is 0.494 e. The fraction of sp³-hybridized carbons (Fsp3) is 0.360. The SMILES string of the molecule is COc1ccnc(CNC(=O)c2cnc(N3C[C@@H](O)C[C@@H]3c3cn4cc(C5CC5)ccc4n3)s2)c1F. The van der Waals surface area contributed by atoms with Crippen molar-refractivity contribution in [3.63, 3.8) is 0 Å². The lowest BCUT2D eigenvalue weighted by atomic mass is 10.1. The van der Waals surface area contributed by atoms with E-state index >= 15 is 0 Å². The first kappa shape index (κ1) is 22.9. The van der Waals surface area contributed by atoms with E-state index in [1.807, 2.05) is 17.2 Å². The summed E-state index contributed by atoms with van der Waals surface area (Å²) in [5.41, 5.74) is 3.15. The number of anilines is 1. The highest BCUT2D eigenvalue weighted by Crippen LogP contribution is 2.41. The summed E-state index contributed by atoms with van der Waals surface area (Å²) in [7, 11) is 1.37. The number of aromatic nitrogens is 4. The van der Waals surface area contributed by atoms with E-state index in [0.29, 0.717) is 28.9 Å². The van der Waals surface area contributed by atoms with Crippen molar-refractivity contribution in [1.82, 2.24) is 24.7 Å². The molecule has 0 spiro atoms. The minimum absolute atomic E-state index is 0.0728. The average molecular weight is 509 g/mol. The monoisotopic (exact) mass is 508 g/mol. The Labute approximate surface area is 210 Å². The van der Waals surface area contributed by atoms with Crippen LogP contribution in [0, 0.1) is 5.82 Å². The van der Waals surface area contributed by atoms with E-state index in [1.165, 1.54) is 55.3 Å². The van der Waals surface area contributed by atoms with Crippen LogP contribution in [0.15, 0.2) is 43.0 Å². The van der Waals surface area contributed by atoms with Crippen molar-refractivity contribution in [2.24, 2.45) is 0 Å². The maximum absolute atomic E-state index is 14.3. The van der Waals surface area contributed by atoms with Crippen molar-refractivity contribution < 1.29 is 19.0 Å². The van der Waals surface area contributed by atoms with E-state index in [2.05, 4.69) is 31.9 Å². The molecule has 0 bridgehead atoms. The number of β-amino-alcohol motifs (C(OH)–C–C–N with tert-alkyl or cyclic N) is 1. The highest BCUT2D eigenvalue weighted by atomic mass is 32.1. The van der Waals surface area contributed by atoms with E-state index in [0.717, 1.165) is 11.3 Å². The third kappa shape index (κ3) is 4.28. The number of pyridine rings is 2. The highest BCUT2D eigenvalue weighted by molar-refractivity contribution is 7.17. The van der Waals surface area contributed by atoms with E-state index in [9.17, 15) is 14.3 Å². The van der Waals surface area contributed by atoms with Crippen LogP contribution >= 0.6 is 11.3 Å². The van der Waals surface area contributed by atoms with Crippen LogP contribution in [0.4, 0.5) is 9.52 Å². The number of nitrogens with zero attached hydrogens (tertiary/aromatic N) is 5. The van der Waals surface area contributed by atoms with E-state index < -0.39 is 11.9 Å². The molecule has 5 heterocycles. The smallest absolute Gasteiger partial charge is 0.263 e. The van der Waals surface area contributed by atoms with Crippen molar-refractivity contribution >= 4 is 28.0 Å². The number of thiazole rings is 1. The van der Waals surface area contributed by atoms with Crippen LogP contribution < -0.4 is 15.0 Å². The van der Waals surface area contributed by atoms with Crippen molar-refractivity contribution in [2.45, 2.75) is 43.9 Å². The maximum Gasteiger partial charge on any atom is 0.263 e. The molecule has 9 nitrogen and oxygen atoms in total. The van der Waals surface area contributed by atoms with Gasteiger partial charge in [-0.05, 0) is 30.4 Å². The number of nitrogens with one attached hydrogen (secondary N) is 1. The number of amides is 1. The molecule has 2 fully saturated rings. The molecule has 4 aromatic rings. The van der Waals surface area contributed by atoms with Crippen LogP contribution in [0.5, 0.6) is 5.75 Å². The van der Waals surface area contributed by atoms with Crippen LogP contribution in [0.2, 0.25) is 0 Å². The van der Waals surface area contributed by atoms with E-state index in [1.54, 1.807) is 0 Å². The van der Waals surface area contributed by atoms with Gasteiger partial charge in [0.2, 0.25) is 0 Å². The van der Waals surface area contributed by atoms with Crippen LogP contribution in [0.3, 0.4) is 0 Å². The topological polar surface area (TPSA) is 105 Å². The van der Waals surface area contributed by atoms with Crippen molar-refractivity contribution in [1.29, 1.82) is 0 Å². The number of hydrogen-bond acceptors (Lipinski definition) is 8. The Morgan fingerprint density at radius 2 is 2.14 bits per heavy atom. The van der Waals surface area contributed by atoms with Gasteiger partial charge in [0.05, 0.1) is 43.4 Å². The number of aliphatic hydroxyl groups excluding tert-OH is 1. The highest BCUT2D eigenvalue weighted by Gasteiger charge is 2.36. The minimum Gasteiger partial charge on any atom is -0.494 e. The normalized spacial score (nSPS) is 19.7. The molecule has 0 aromatic carbocycles. The number of ether oxygens (including phenoxy) is 1. The van der Waals surface area contributed by atoms with Gasteiger partial charge in [0.1, 0.15) is 10.5 Å². The van der Waals surface area contributed by atoms with Crippen LogP contribution in [0.1, 0.15) is 57.8 Å². The van der Waals surface area contributed by atoms with Gasteiger partial charge >= 0.3 is 0 Å². The lowest BCUT2D eigenvalue weighted by Gasteiger charge is -2.21. The Balaban J connectivity index is 1.19. The fourth-order valence-electron chi connectivity index (χ4n) is 4.65. The van der Waals surface area contributed by atoms with Crippen molar-refractivity contribution in [3.8, 4) is 5.75 Å². The predicted molar refractivity (Wildman–Crippen MR) is 132 cm³/mol. The summed E-state index contributed by atoms with van der Waals surface area (Å²) in [6.45, 7) is 0.323. The Kier molecular flexibility index (Phi) is 5.81. The Morgan fingerprint density at radius 3 is 2.94 bits per heavy atom. The molecule has 11 heteroatoms. The molecule has 2 aliphatic rings. The molecule has 0 radical (unpaired) electrons. The van der Waals surface area contributed by atoms with Gasteiger partial charge in [0, 0.05) is 37.6 Å². The molecule has 1 aliphatic carbocycles. The summed E-state index contributed by atoms with van der Waals surface area (Å²) < 4.78 is 21.3. The predicted octanol–water partition coefficient (Wildman–Crippen LogP) is 3.45. The molecule has 186 valence electrons. The molecule has 1 aliphatic heterocycles. The van der Waals surface area contributed by atoms with Crippen molar-refractivity contribution in [3.05, 3.63) is 70.6 Å². The summed E-state index contributed by atoms with van der Waals surface area (Å²) in [5.74, 6) is -0.250. The summed E-state index contributed by atoms with van der Waals surface area (Å²) in [5, 5.41) is 13.8. The van der Waals surface area contributed by atoms with Crippen LogP contribution in [-0.2, 0) is 6.54 Å². The number of rotatable bonds is 7. The molecule has 2 atom stereocenters. The van der Waals surface area contributed by atoms with Crippen LogP contribution in [0.25, 0.3) is 5.65 Å². The standard InChI is InChI=1S/C25H25FN6O3S/c1-35-20-6-7-27-17(23(20)26)9-28-24(34)21-10-29-25(36-21)32-12-16(33)8-19(32)18-13-31-11-15(14-2-3-14)4-5-22(31)30-18/h4-7,10-11,13-14,16,19,33H,2-3,8-9,12H2,1H3,(H,28,34)/t16-,19+/m0/s1. The number of fused-ring (bicyclic) bond motifs is 1. The maximum atomic E-state index is 14.3. The molecular formula is C25H25FN6O3S. The summed E-state index contributed by atoms with van der Waals surface area (Å²) in [6, 6.07) is 5.45. The van der Waals surface area contributed by atoms with Crippen molar-refractivity contribution in [2.75, 3.05) is 18.6 Å². The van der Waals surface area contributed by atoms with Gasteiger partial charge in [-0.2, -0.15) is 0 Å². The molecule has 36 heavy (non-hydrogen) atoms. The molecular weight excluding hydrogens is 483 g/mol. The molecule has 6 rings (SSSR count). The third-order valence-corrected chi connectivity index (χ3v) is 7.72. The zero-order chi connectivity index (χ0) is 24.8. The van der Waals surface area contributed by atoms with Gasteiger partial charge in [0.25, 0.3) is 5.91 Å². The molecule has 2 N–H and O–H groups in total. The van der Waals surface area contributed by atoms with Gasteiger partial charge in [-0.15, -0.1) is 0 Å². The van der Waals surface area contributed by atoms with Gasteiger partial charge in [-0.25, -0.2) is 14.4 Å². The Morgan fingerprint density at radius 1 is 1.28 bits per heavy atom. The zero-order valence-corrected chi connectivity index (χ0v) is 20.4. The quantitative estimate of drug-likeness (QED) is 0.394.